The van der Waals surface area contributed by atoms with Gasteiger partial charge >= 0.3 is 0 Å². The summed E-state index contributed by atoms with van der Waals surface area (Å²) in [5.41, 5.74) is 1.41. The van der Waals surface area contributed by atoms with E-state index in [0.29, 0.717) is 5.92 Å². The van der Waals surface area contributed by atoms with Crippen molar-refractivity contribution in [2.75, 3.05) is 0 Å². The number of hydrogen-bond acceptors (Lipinski definition) is 1. The van der Waals surface area contributed by atoms with Crippen molar-refractivity contribution in [2.24, 2.45) is 5.92 Å². The van der Waals surface area contributed by atoms with Crippen LogP contribution < -0.4 is 0 Å². The molecule has 1 heteroatoms. The SMILES string of the molecule is CCC(C#N)CC=CCC(CC)c1ccccc1. The van der Waals surface area contributed by atoms with Crippen LogP contribution in [0.25, 0.3) is 0 Å². The Morgan fingerprint density at radius 2 is 1.72 bits per heavy atom. The van der Waals surface area contributed by atoms with Gasteiger partial charge in [-0.2, -0.15) is 5.26 Å². The number of hydrogen-bond donors (Lipinski definition) is 0. The molecule has 0 bridgehead atoms. The molecule has 0 N–H and O–H groups in total. The van der Waals surface area contributed by atoms with Gasteiger partial charge in [0.05, 0.1) is 6.07 Å². The molecule has 1 aromatic rings. The zero-order valence-electron chi connectivity index (χ0n) is 11.5. The first-order chi connectivity index (χ1) is 8.81. The van der Waals surface area contributed by atoms with Crippen LogP contribution in [0.3, 0.4) is 0 Å². The highest BCUT2D eigenvalue weighted by molar-refractivity contribution is 5.20. The van der Waals surface area contributed by atoms with E-state index in [9.17, 15) is 0 Å². The van der Waals surface area contributed by atoms with Gasteiger partial charge in [-0.3, -0.25) is 0 Å². The fourth-order valence-corrected chi connectivity index (χ4v) is 2.10. The summed E-state index contributed by atoms with van der Waals surface area (Å²) in [6.45, 7) is 4.30. The highest BCUT2D eigenvalue weighted by Gasteiger charge is 2.06. The van der Waals surface area contributed by atoms with Gasteiger partial charge < -0.3 is 0 Å². The van der Waals surface area contributed by atoms with Gasteiger partial charge in [-0.25, -0.2) is 0 Å². The van der Waals surface area contributed by atoms with E-state index < -0.39 is 0 Å². The first-order valence-corrected chi connectivity index (χ1v) is 6.91. The van der Waals surface area contributed by atoms with Crippen LogP contribution in [0.1, 0.15) is 51.0 Å². The van der Waals surface area contributed by atoms with Crippen LogP contribution in [0, 0.1) is 17.2 Å². The minimum absolute atomic E-state index is 0.179. The molecule has 0 fully saturated rings. The van der Waals surface area contributed by atoms with Crippen molar-refractivity contribution in [1.82, 2.24) is 0 Å². The first kappa shape index (κ1) is 14.5. The maximum Gasteiger partial charge on any atom is 0.0658 e. The molecule has 0 aliphatic carbocycles. The molecule has 0 saturated heterocycles. The lowest BCUT2D eigenvalue weighted by molar-refractivity contribution is 0.643. The van der Waals surface area contributed by atoms with E-state index in [1.165, 1.54) is 5.56 Å². The smallest absolute Gasteiger partial charge is 0.0658 e. The first-order valence-electron chi connectivity index (χ1n) is 6.91. The average molecular weight is 241 g/mol. The molecule has 0 amide bonds. The minimum Gasteiger partial charge on any atom is -0.198 e. The number of benzene rings is 1. The summed E-state index contributed by atoms with van der Waals surface area (Å²) in [7, 11) is 0. The summed E-state index contributed by atoms with van der Waals surface area (Å²) in [4.78, 5) is 0. The monoisotopic (exact) mass is 241 g/mol. The van der Waals surface area contributed by atoms with Crippen LogP contribution in [0.5, 0.6) is 0 Å². The second-order valence-corrected chi connectivity index (χ2v) is 4.69. The Kier molecular flexibility index (Phi) is 6.87. The van der Waals surface area contributed by atoms with Crippen molar-refractivity contribution in [3.63, 3.8) is 0 Å². The maximum atomic E-state index is 8.87. The topological polar surface area (TPSA) is 23.8 Å². The fourth-order valence-electron chi connectivity index (χ4n) is 2.10. The van der Waals surface area contributed by atoms with E-state index in [-0.39, 0.29) is 5.92 Å². The lowest BCUT2D eigenvalue weighted by Gasteiger charge is -2.12. The second-order valence-electron chi connectivity index (χ2n) is 4.69. The highest BCUT2D eigenvalue weighted by atomic mass is 14.3. The van der Waals surface area contributed by atoms with Crippen molar-refractivity contribution in [3.8, 4) is 6.07 Å². The quantitative estimate of drug-likeness (QED) is 0.612. The van der Waals surface area contributed by atoms with Crippen molar-refractivity contribution in [2.45, 2.75) is 45.4 Å². The zero-order chi connectivity index (χ0) is 13.2. The Morgan fingerprint density at radius 1 is 1.06 bits per heavy atom. The lowest BCUT2D eigenvalue weighted by atomic mass is 9.93. The van der Waals surface area contributed by atoms with Crippen LogP contribution in [0.15, 0.2) is 42.5 Å². The van der Waals surface area contributed by atoms with Crippen LogP contribution in [0.2, 0.25) is 0 Å². The minimum atomic E-state index is 0.179. The molecule has 2 atom stereocenters. The largest absolute Gasteiger partial charge is 0.198 e. The van der Waals surface area contributed by atoms with Crippen molar-refractivity contribution in [1.29, 1.82) is 5.26 Å². The Morgan fingerprint density at radius 3 is 2.28 bits per heavy atom. The summed E-state index contributed by atoms with van der Waals surface area (Å²) in [5, 5.41) is 8.87. The van der Waals surface area contributed by atoms with Gasteiger partial charge in [0.2, 0.25) is 0 Å². The predicted octanol–water partition coefficient (Wildman–Crippen LogP) is 5.07. The fraction of sp³-hybridized carbons (Fsp3) is 0.471. The maximum absolute atomic E-state index is 8.87. The van der Waals surface area contributed by atoms with E-state index in [1.54, 1.807) is 0 Å². The van der Waals surface area contributed by atoms with Gasteiger partial charge in [0.25, 0.3) is 0 Å². The van der Waals surface area contributed by atoms with Crippen molar-refractivity contribution < 1.29 is 0 Å². The number of rotatable bonds is 7. The van der Waals surface area contributed by atoms with E-state index in [1.807, 2.05) is 0 Å². The average Bonchev–Trinajstić information content (AvgIpc) is 2.44. The molecule has 96 valence electrons. The van der Waals surface area contributed by atoms with E-state index in [4.69, 9.17) is 5.26 Å². The van der Waals surface area contributed by atoms with E-state index in [2.05, 4.69) is 62.4 Å². The highest BCUT2D eigenvalue weighted by Crippen LogP contribution is 2.23. The van der Waals surface area contributed by atoms with Gasteiger partial charge in [-0.05, 0) is 37.2 Å². The molecule has 18 heavy (non-hydrogen) atoms. The molecule has 0 spiro atoms. The molecule has 1 aromatic carbocycles. The van der Waals surface area contributed by atoms with Crippen LogP contribution >= 0.6 is 0 Å². The number of nitriles is 1. The van der Waals surface area contributed by atoms with E-state index in [0.717, 1.165) is 25.7 Å². The molecule has 0 aliphatic rings. The normalized spacial score (nSPS) is 14.3. The third kappa shape index (κ3) is 4.75. The number of allylic oxidation sites excluding steroid dienone is 2. The summed E-state index contributed by atoms with van der Waals surface area (Å²) >= 11 is 0. The standard InChI is InChI=1S/C17H23N/c1-3-15(14-18)10-8-9-11-16(4-2)17-12-6-5-7-13-17/h5-9,12-13,15-16H,3-4,10-11H2,1-2H3. The number of nitrogens with zero attached hydrogens (tertiary/aromatic N) is 1. The Balaban J connectivity index is 2.46. The van der Waals surface area contributed by atoms with Crippen LogP contribution in [-0.4, -0.2) is 0 Å². The third-order valence-corrected chi connectivity index (χ3v) is 3.45. The van der Waals surface area contributed by atoms with Gasteiger partial charge in [0.15, 0.2) is 0 Å². The molecule has 1 nitrogen and oxygen atoms in total. The molecular weight excluding hydrogens is 218 g/mol. The molecular formula is C17H23N. The van der Waals surface area contributed by atoms with Gasteiger partial charge in [-0.1, -0.05) is 56.3 Å². The molecule has 2 unspecified atom stereocenters. The third-order valence-electron chi connectivity index (χ3n) is 3.45. The second kappa shape index (κ2) is 8.53. The molecule has 0 saturated carbocycles. The lowest BCUT2D eigenvalue weighted by Crippen LogP contribution is -1.96. The van der Waals surface area contributed by atoms with Gasteiger partial charge in [-0.15, -0.1) is 0 Å². The molecule has 1 rings (SSSR count). The Labute approximate surface area is 111 Å². The van der Waals surface area contributed by atoms with Gasteiger partial charge in [0.1, 0.15) is 0 Å². The van der Waals surface area contributed by atoms with Crippen molar-refractivity contribution in [3.05, 3.63) is 48.0 Å². The summed E-state index contributed by atoms with van der Waals surface area (Å²) in [6, 6.07) is 13.0. The van der Waals surface area contributed by atoms with E-state index >= 15 is 0 Å². The molecule has 0 heterocycles. The predicted molar refractivity (Wildman–Crippen MR) is 77.2 cm³/mol. The van der Waals surface area contributed by atoms with Crippen LogP contribution in [0.4, 0.5) is 0 Å². The summed E-state index contributed by atoms with van der Waals surface area (Å²) in [5.74, 6) is 0.780. The molecule has 0 aromatic heterocycles. The zero-order valence-corrected chi connectivity index (χ0v) is 11.5. The summed E-state index contributed by atoms with van der Waals surface area (Å²) in [6.07, 6.45) is 8.46. The van der Waals surface area contributed by atoms with Crippen molar-refractivity contribution >= 4 is 0 Å². The molecule has 0 aliphatic heterocycles. The van der Waals surface area contributed by atoms with Crippen LogP contribution in [-0.2, 0) is 0 Å². The summed E-state index contributed by atoms with van der Waals surface area (Å²) < 4.78 is 0. The molecule has 0 radical (unpaired) electrons. The van der Waals surface area contributed by atoms with Gasteiger partial charge in [0, 0.05) is 5.92 Å². The Bertz CT molecular complexity index is 386. The Hall–Kier alpha value is -1.55.